The van der Waals surface area contributed by atoms with Crippen molar-refractivity contribution in [1.82, 2.24) is 0 Å². The summed E-state index contributed by atoms with van der Waals surface area (Å²) in [7, 11) is 0. The van der Waals surface area contributed by atoms with Crippen LogP contribution in [0.1, 0.15) is 59.3 Å². The SMILES string of the molecule is CC12CCC(C[C]1OC1CCCCO1)C2(C)C. The molecule has 17 heavy (non-hydrogen) atoms. The van der Waals surface area contributed by atoms with Gasteiger partial charge < -0.3 is 9.47 Å². The van der Waals surface area contributed by atoms with Crippen molar-refractivity contribution in [3.63, 3.8) is 0 Å². The molecule has 0 N–H and O–H groups in total. The van der Waals surface area contributed by atoms with Crippen LogP contribution in [-0.2, 0) is 9.47 Å². The summed E-state index contributed by atoms with van der Waals surface area (Å²) in [5, 5.41) is 0. The van der Waals surface area contributed by atoms with Gasteiger partial charge >= 0.3 is 0 Å². The highest BCUT2D eigenvalue weighted by Crippen LogP contribution is 2.69. The molecule has 0 spiro atoms. The quantitative estimate of drug-likeness (QED) is 0.725. The van der Waals surface area contributed by atoms with E-state index in [0.29, 0.717) is 10.8 Å². The summed E-state index contributed by atoms with van der Waals surface area (Å²) in [6.45, 7) is 8.12. The standard InChI is InChI=1S/C15H25O2/c1-14(2)11-7-8-15(14,3)12(10-11)17-13-6-4-5-9-16-13/h11,13H,4-10H2,1-3H3. The molecule has 3 fully saturated rings. The maximum atomic E-state index is 6.22. The molecule has 2 aliphatic carbocycles. The molecule has 2 saturated carbocycles. The van der Waals surface area contributed by atoms with E-state index in [-0.39, 0.29) is 6.29 Å². The molecule has 0 amide bonds. The first kappa shape index (κ1) is 12.0. The summed E-state index contributed by atoms with van der Waals surface area (Å²) in [6, 6.07) is 0. The van der Waals surface area contributed by atoms with Crippen LogP contribution in [0.3, 0.4) is 0 Å². The van der Waals surface area contributed by atoms with Gasteiger partial charge in [-0.15, -0.1) is 0 Å². The molecule has 3 rings (SSSR count). The van der Waals surface area contributed by atoms with Crippen LogP contribution in [0.2, 0.25) is 0 Å². The summed E-state index contributed by atoms with van der Waals surface area (Å²) in [6.07, 6.45) is 8.75. The van der Waals surface area contributed by atoms with Gasteiger partial charge in [0.25, 0.3) is 0 Å². The molecule has 1 heterocycles. The van der Waals surface area contributed by atoms with Gasteiger partial charge in [-0.05, 0) is 49.9 Å². The van der Waals surface area contributed by atoms with Gasteiger partial charge in [0.1, 0.15) is 6.10 Å². The van der Waals surface area contributed by atoms with E-state index in [1.807, 2.05) is 0 Å². The molecule has 0 aromatic carbocycles. The maximum Gasteiger partial charge on any atom is 0.158 e. The lowest BCUT2D eigenvalue weighted by molar-refractivity contribution is -0.175. The number of hydrogen-bond acceptors (Lipinski definition) is 2. The summed E-state index contributed by atoms with van der Waals surface area (Å²) in [5.74, 6) is 0.825. The molecule has 1 radical (unpaired) electrons. The van der Waals surface area contributed by atoms with Crippen LogP contribution in [0.25, 0.3) is 0 Å². The molecule has 3 unspecified atom stereocenters. The molecule has 0 aromatic rings. The Morgan fingerprint density at radius 1 is 1.18 bits per heavy atom. The third-order valence-electron chi connectivity index (χ3n) is 5.89. The fourth-order valence-electron chi connectivity index (χ4n) is 4.04. The molecule has 3 atom stereocenters. The molecular formula is C15H25O2. The number of hydrogen-bond donors (Lipinski definition) is 0. The highest BCUT2D eigenvalue weighted by Gasteiger charge is 2.63. The Kier molecular flexibility index (Phi) is 2.79. The second-order valence-electron chi connectivity index (χ2n) is 6.83. The minimum atomic E-state index is 0.0470. The first-order chi connectivity index (χ1) is 8.04. The Labute approximate surface area is 105 Å². The smallest absolute Gasteiger partial charge is 0.158 e. The summed E-state index contributed by atoms with van der Waals surface area (Å²) >= 11 is 0. The average molecular weight is 237 g/mol. The predicted octanol–water partition coefficient (Wildman–Crippen LogP) is 3.91. The van der Waals surface area contributed by atoms with E-state index in [1.165, 1.54) is 38.2 Å². The maximum absolute atomic E-state index is 6.22. The van der Waals surface area contributed by atoms with Gasteiger partial charge in [0, 0.05) is 12.0 Å². The van der Waals surface area contributed by atoms with E-state index in [1.54, 1.807) is 0 Å². The number of fused-ring (bicyclic) bond motifs is 2. The van der Waals surface area contributed by atoms with E-state index in [2.05, 4.69) is 20.8 Å². The van der Waals surface area contributed by atoms with Crippen LogP contribution < -0.4 is 0 Å². The fourth-order valence-corrected chi connectivity index (χ4v) is 4.04. The van der Waals surface area contributed by atoms with Crippen LogP contribution in [0.15, 0.2) is 0 Å². The first-order valence-corrected chi connectivity index (χ1v) is 7.18. The van der Waals surface area contributed by atoms with E-state index < -0.39 is 0 Å². The topological polar surface area (TPSA) is 18.5 Å². The summed E-state index contributed by atoms with van der Waals surface area (Å²) < 4.78 is 11.9. The Balaban J connectivity index is 1.69. The van der Waals surface area contributed by atoms with Gasteiger partial charge in [-0.1, -0.05) is 20.8 Å². The highest BCUT2D eigenvalue weighted by atomic mass is 16.7. The molecule has 3 aliphatic rings. The molecular weight excluding hydrogens is 212 g/mol. The monoisotopic (exact) mass is 237 g/mol. The van der Waals surface area contributed by atoms with Crippen LogP contribution in [0, 0.1) is 22.9 Å². The predicted molar refractivity (Wildman–Crippen MR) is 67.1 cm³/mol. The lowest BCUT2D eigenvalue weighted by Gasteiger charge is -2.39. The third-order valence-corrected chi connectivity index (χ3v) is 5.89. The van der Waals surface area contributed by atoms with Gasteiger partial charge in [0.2, 0.25) is 0 Å². The lowest BCUT2D eigenvalue weighted by atomic mass is 9.70. The molecule has 97 valence electrons. The minimum absolute atomic E-state index is 0.0470. The van der Waals surface area contributed by atoms with Gasteiger partial charge in [0.15, 0.2) is 6.29 Å². The van der Waals surface area contributed by atoms with E-state index in [4.69, 9.17) is 9.47 Å². The third kappa shape index (κ3) is 1.67. The second-order valence-corrected chi connectivity index (χ2v) is 6.83. The van der Waals surface area contributed by atoms with E-state index >= 15 is 0 Å². The summed E-state index contributed by atoms with van der Waals surface area (Å²) in [4.78, 5) is 0. The molecule has 1 saturated heterocycles. The second kappa shape index (κ2) is 3.96. The minimum Gasteiger partial charge on any atom is -0.353 e. The van der Waals surface area contributed by atoms with Crippen LogP contribution in [-0.4, -0.2) is 12.9 Å². The molecule has 1 aliphatic heterocycles. The van der Waals surface area contributed by atoms with Crippen LogP contribution >= 0.6 is 0 Å². The Morgan fingerprint density at radius 3 is 2.53 bits per heavy atom. The largest absolute Gasteiger partial charge is 0.353 e. The molecule has 2 nitrogen and oxygen atoms in total. The van der Waals surface area contributed by atoms with Crippen molar-refractivity contribution in [2.75, 3.05) is 6.61 Å². The van der Waals surface area contributed by atoms with Gasteiger partial charge in [-0.2, -0.15) is 0 Å². The van der Waals surface area contributed by atoms with E-state index in [9.17, 15) is 0 Å². The average Bonchev–Trinajstić information content (AvgIpc) is 2.63. The van der Waals surface area contributed by atoms with Crippen molar-refractivity contribution in [3.8, 4) is 0 Å². The van der Waals surface area contributed by atoms with Crippen LogP contribution in [0.5, 0.6) is 0 Å². The molecule has 2 heteroatoms. The molecule has 2 bridgehead atoms. The van der Waals surface area contributed by atoms with Crippen molar-refractivity contribution in [1.29, 1.82) is 0 Å². The van der Waals surface area contributed by atoms with Gasteiger partial charge in [0.05, 0.1) is 0 Å². The zero-order valence-electron chi connectivity index (χ0n) is 11.4. The zero-order chi connectivity index (χ0) is 12.1. The normalized spacial score (nSPS) is 45.4. The van der Waals surface area contributed by atoms with Crippen molar-refractivity contribution >= 4 is 0 Å². The fraction of sp³-hybridized carbons (Fsp3) is 0.933. The Hall–Kier alpha value is -0.0800. The van der Waals surface area contributed by atoms with Gasteiger partial charge in [-0.25, -0.2) is 0 Å². The van der Waals surface area contributed by atoms with Crippen molar-refractivity contribution in [3.05, 3.63) is 6.10 Å². The van der Waals surface area contributed by atoms with Crippen molar-refractivity contribution in [2.45, 2.75) is 65.6 Å². The van der Waals surface area contributed by atoms with Crippen LogP contribution in [0.4, 0.5) is 0 Å². The lowest BCUT2D eigenvalue weighted by Crippen LogP contribution is -2.35. The molecule has 0 aromatic heterocycles. The number of rotatable bonds is 2. The zero-order valence-corrected chi connectivity index (χ0v) is 11.4. The summed E-state index contributed by atoms with van der Waals surface area (Å²) in [5.41, 5.74) is 0.704. The highest BCUT2D eigenvalue weighted by molar-refractivity contribution is 5.19. The Bertz CT molecular complexity index is 293. The van der Waals surface area contributed by atoms with Crippen molar-refractivity contribution < 1.29 is 9.47 Å². The Morgan fingerprint density at radius 2 is 2.00 bits per heavy atom. The van der Waals surface area contributed by atoms with E-state index in [0.717, 1.165) is 18.9 Å². The van der Waals surface area contributed by atoms with Gasteiger partial charge in [-0.3, -0.25) is 0 Å². The first-order valence-electron chi connectivity index (χ1n) is 7.18. The number of ether oxygens (including phenoxy) is 2. The van der Waals surface area contributed by atoms with Crippen molar-refractivity contribution in [2.24, 2.45) is 16.7 Å².